The van der Waals surface area contributed by atoms with Crippen molar-refractivity contribution in [1.29, 1.82) is 0 Å². The Kier molecular flexibility index (Phi) is 6.23. The normalized spacial score (nSPS) is 14.7. The molecule has 1 saturated heterocycles. The number of carbonyl (C=O) groups excluding carboxylic acids is 3. The molecule has 2 heterocycles. The Bertz CT molecular complexity index is 1210. The first kappa shape index (κ1) is 21.6. The molecule has 7 nitrogen and oxygen atoms in total. The number of para-hydroxylation sites is 1. The van der Waals surface area contributed by atoms with Crippen LogP contribution in [0.2, 0.25) is 0 Å². The van der Waals surface area contributed by atoms with Crippen molar-refractivity contribution >= 4 is 45.5 Å². The third kappa shape index (κ3) is 4.65. The fraction of sp³-hybridized carbons (Fsp3) is 0.125. The number of hydrogen-bond donors (Lipinski definition) is 2. The van der Waals surface area contributed by atoms with Gasteiger partial charge in [0.25, 0.3) is 5.91 Å². The number of rotatable bonds is 6. The molecular formula is C24H20BrN3O4. The van der Waals surface area contributed by atoms with Crippen LogP contribution in [0.25, 0.3) is 17.4 Å². The van der Waals surface area contributed by atoms with Crippen LogP contribution in [0.4, 0.5) is 10.5 Å². The van der Waals surface area contributed by atoms with Gasteiger partial charge in [-0.25, -0.2) is 9.69 Å². The molecule has 8 heteroatoms. The third-order valence-electron chi connectivity index (χ3n) is 4.98. The van der Waals surface area contributed by atoms with Gasteiger partial charge in [0.15, 0.2) is 0 Å². The zero-order chi connectivity index (χ0) is 22.7. The first-order chi connectivity index (χ1) is 15.4. The topological polar surface area (TPSA) is 91.7 Å². The molecule has 0 saturated carbocycles. The van der Waals surface area contributed by atoms with E-state index in [0.29, 0.717) is 17.2 Å². The van der Waals surface area contributed by atoms with Crippen LogP contribution in [0.1, 0.15) is 18.2 Å². The highest BCUT2D eigenvalue weighted by molar-refractivity contribution is 9.10. The third-order valence-corrected chi connectivity index (χ3v) is 5.51. The predicted octanol–water partition coefficient (Wildman–Crippen LogP) is 4.80. The zero-order valence-corrected chi connectivity index (χ0v) is 18.8. The van der Waals surface area contributed by atoms with Crippen molar-refractivity contribution in [1.82, 2.24) is 10.2 Å². The summed E-state index contributed by atoms with van der Waals surface area (Å²) in [6.45, 7) is 1.60. The number of aryl methyl sites for hydroxylation is 1. The van der Waals surface area contributed by atoms with Gasteiger partial charge < -0.3 is 15.1 Å². The molecule has 2 aromatic carbocycles. The van der Waals surface area contributed by atoms with E-state index >= 15 is 0 Å². The van der Waals surface area contributed by atoms with Crippen molar-refractivity contribution in [2.24, 2.45) is 0 Å². The molecule has 0 atom stereocenters. The number of halogens is 1. The van der Waals surface area contributed by atoms with Crippen LogP contribution in [0.5, 0.6) is 0 Å². The lowest BCUT2D eigenvalue weighted by Crippen LogP contribution is -2.38. The molecule has 4 rings (SSSR count). The number of furan rings is 1. The van der Waals surface area contributed by atoms with Gasteiger partial charge in [-0.2, -0.15) is 0 Å². The molecule has 2 N–H and O–H groups in total. The monoisotopic (exact) mass is 493 g/mol. The van der Waals surface area contributed by atoms with Gasteiger partial charge in [-0.3, -0.25) is 9.59 Å². The number of benzene rings is 2. The van der Waals surface area contributed by atoms with Gasteiger partial charge in [0.2, 0.25) is 5.91 Å². The highest BCUT2D eigenvalue weighted by atomic mass is 79.9. The van der Waals surface area contributed by atoms with E-state index in [0.717, 1.165) is 26.9 Å². The van der Waals surface area contributed by atoms with Crippen molar-refractivity contribution in [3.8, 4) is 11.3 Å². The lowest BCUT2D eigenvalue weighted by Gasteiger charge is -2.13. The van der Waals surface area contributed by atoms with Crippen molar-refractivity contribution in [3.05, 3.63) is 82.2 Å². The maximum absolute atomic E-state index is 12.7. The molecular weight excluding hydrogens is 474 g/mol. The highest BCUT2D eigenvalue weighted by Gasteiger charge is 2.35. The number of anilines is 1. The smallest absolute Gasteiger partial charge is 0.329 e. The standard InChI is InChI=1S/C24H20BrN3O4/c1-2-15-5-3-4-6-19(15)26-22(29)14-28-23(30)20(27-24(28)31)13-18-11-12-21(32-18)16-7-9-17(25)10-8-16/h3-13H,2,14H2,1H3,(H,26,29)(H,27,31)/b20-13-. The maximum Gasteiger partial charge on any atom is 0.329 e. The molecule has 1 aliphatic rings. The number of nitrogens with one attached hydrogen (secondary N) is 2. The van der Waals surface area contributed by atoms with E-state index in [1.54, 1.807) is 18.2 Å². The van der Waals surface area contributed by atoms with Crippen LogP contribution in [0.3, 0.4) is 0 Å². The van der Waals surface area contributed by atoms with Crippen LogP contribution in [-0.4, -0.2) is 29.3 Å². The van der Waals surface area contributed by atoms with E-state index in [1.807, 2.05) is 49.4 Å². The largest absolute Gasteiger partial charge is 0.457 e. The minimum absolute atomic E-state index is 0.0495. The van der Waals surface area contributed by atoms with Crippen molar-refractivity contribution in [2.45, 2.75) is 13.3 Å². The van der Waals surface area contributed by atoms with Crippen molar-refractivity contribution in [3.63, 3.8) is 0 Å². The molecule has 0 bridgehead atoms. The molecule has 1 aromatic heterocycles. The van der Waals surface area contributed by atoms with Gasteiger partial charge in [0.1, 0.15) is 23.8 Å². The van der Waals surface area contributed by atoms with E-state index < -0.39 is 17.8 Å². The first-order valence-electron chi connectivity index (χ1n) is 10.0. The number of amides is 4. The predicted molar refractivity (Wildman–Crippen MR) is 125 cm³/mol. The summed E-state index contributed by atoms with van der Waals surface area (Å²) in [6, 6.07) is 17.8. The van der Waals surface area contributed by atoms with Crippen LogP contribution in [0.15, 0.2) is 75.3 Å². The molecule has 4 amide bonds. The Balaban J connectivity index is 1.45. The molecule has 32 heavy (non-hydrogen) atoms. The summed E-state index contributed by atoms with van der Waals surface area (Å²) in [5.74, 6) is 0.00313. The zero-order valence-electron chi connectivity index (χ0n) is 17.2. The summed E-state index contributed by atoms with van der Waals surface area (Å²) < 4.78 is 6.74. The van der Waals surface area contributed by atoms with E-state index in [-0.39, 0.29) is 12.2 Å². The number of urea groups is 1. The Morgan fingerprint density at radius 3 is 2.59 bits per heavy atom. The molecule has 1 aliphatic heterocycles. The Hall–Kier alpha value is -3.65. The summed E-state index contributed by atoms with van der Waals surface area (Å²) in [4.78, 5) is 38.3. The number of imide groups is 1. The fourth-order valence-corrected chi connectivity index (χ4v) is 3.61. The second kappa shape index (κ2) is 9.23. The van der Waals surface area contributed by atoms with Crippen LogP contribution in [-0.2, 0) is 16.0 Å². The summed E-state index contributed by atoms with van der Waals surface area (Å²) in [5, 5.41) is 5.27. The number of hydrogen-bond acceptors (Lipinski definition) is 4. The average molecular weight is 494 g/mol. The summed E-state index contributed by atoms with van der Waals surface area (Å²) >= 11 is 3.39. The fourth-order valence-electron chi connectivity index (χ4n) is 3.34. The number of carbonyl (C=O) groups is 3. The van der Waals surface area contributed by atoms with Crippen LogP contribution >= 0.6 is 15.9 Å². The molecule has 0 radical (unpaired) electrons. The quantitative estimate of drug-likeness (QED) is 0.381. The molecule has 0 unspecified atom stereocenters. The Labute approximate surface area is 193 Å². The van der Waals surface area contributed by atoms with Crippen LogP contribution in [0, 0.1) is 0 Å². The van der Waals surface area contributed by atoms with Gasteiger partial charge in [0, 0.05) is 21.8 Å². The second-order valence-electron chi connectivity index (χ2n) is 7.15. The summed E-state index contributed by atoms with van der Waals surface area (Å²) in [7, 11) is 0. The Morgan fingerprint density at radius 1 is 1.09 bits per heavy atom. The molecule has 3 aromatic rings. The minimum Gasteiger partial charge on any atom is -0.457 e. The van der Waals surface area contributed by atoms with Crippen molar-refractivity contribution in [2.75, 3.05) is 11.9 Å². The molecule has 0 aliphatic carbocycles. The van der Waals surface area contributed by atoms with Gasteiger partial charge in [-0.15, -0.1) is 0 Å². The maximum atomic E-state index is 12.7. The van der Waals surface area contributed by atoms with Gasteiger partial charge in [-0.1, -0.05) is 53.2 Å². The molecule has 1 fully saturated rings. The van der Waals surface area contributed by atoms with E-state index in [2.05, 4.69) is 26.6 Å². The summed E-state index contributed by atoms with van der Waals surface area (Å²) in [5.41, 5.74) is 2.57. The highest BCUT2D eigenvalue weighted by Crippen LogP contribution is 2.25. The van der Waals surface area contributed by atoms with Crippen LogP contribution < -0.4 is 10.6 Å². The average Bonchev–Trinajstić information content (AvgIpc) is 3.35. The van der Waals surface area contributed by atoms with Gasteiger partial charge in [-0.05, 0) is 42.3 Å². The van der Waals surface area contributed by atoms with E-state index in [1.165, 1.54) is 6.08 Å². The minimum atomic E-state index is -0.653. The first-order valence-corrected chi connectivity index (χ1v) is 10.8. The molecule has 0 spiro atoms. The van der Waals surface area contributed by atoms with Crippen molar-refractivity contribution < 1.29 is 18.8 Å². The lowest BCUT2D eigenvalue weighted by atomic mass is 10.1. The molecule has 162 valence electrons. The van der Waals surface area contributed by atoms with Gasteiger partial charge in [0.05, 0.1) is 0 Å². The lowest BCUT2D eigenvalue weighted by molar-refractivity contribution is -0.127. The SMILES string of the molecule is CCc1ccccc1NC(=O)CN1C(=O)N/C(=C\c2ccc(-c3ccc(Br)cc3)o2)C1=O. The second-order valence-corrected chi connectivity index (χ2v) is 8.06. The Morgan fingerprint density at radius 2 is 1.84 bits per heavy atom. The van der Waals surface area contributed by atoms with E-state index in [4.69, 9.17) is 4.42 Å². The number of nitrogens with zero attached hydrogens (tertiary/aromatic N) is 1. The van der Waals surface area contributed by atoms with Gasteiger partial charge >= 0.3 is 6.03 Å². The summed E-state index contributed by atoms with van der Waals surface area (Å²) in [6.07, 6.45) is 2.20. The van der Waals surface area contributed by atoms with E-state index in [9.17, 15) is 14.4 Å².